The van der Waals surface area contributed by atoms with E-state index < -0.39 is 5.63 Å². The summed E-state index contributed by atoms with van der Waals surface area (Å²) in [4.78, 5) is 52.3. The largest absolute Gasteiger partial charge is 0.507 e. The zero-order valence-corrected chi connectivity index (χ0v) is 21.6. The summed E-state index contributed by atoms with van der Waals surface area (Å²) in [5.74, 6) is -0.614. The number of amides is 1. The van der Waals surface area contributed by atoms with Crippen molar-refractivity contribution in [3.63, 3.8) is 0 Å². The molecule has 0 saturated heterocycles. The number of rotatable bonds is 15. The first-order chi connectivity index (χ1) is 16.9. The Labute approximate surface area is 211 Å². The lowest BCUT2D eigenvalue weighted by Gasteiger charge is -2.06. The molecule has 0 atom stereocenters. The van der Waals surface area contributed by atoms with Crippen LogP contribution in [0.15, 0.2) is 25.5 Å². The smallest absolute Gasteiger partial charge is 0.350 e. The van der Waals surface area contributed by atoms with E-state index in [2.05, 4.69) is 17.2 Å². The molecular weight excluding hydrogens is 488 g/mol. The number of aromatic hydroxyl groups is 1. The second-order valence-electron chi connectivity index (χ2n) is 8.68. The minimum atomic E-state index is -0.795. The number of aryl methyl sites for hydroxylation is 1. The summed E-state index contributed by atoms with van der Waals surface area (Å²) >= 11 is 0. The predicted octanol–water partition coefficient (Wildman–Crippen LogP) is 5.94. The van der Waals surface area contributed by atoms with Gasteiger partial charge in [0.25, 0.3) is 5.56 Å². The number of aromatic nitrogens is 1. The normalized spacial score (nSPS) is 11.2. The minimum Gasteiger partial charge on any atom is -0.507 e. The van der Waals surface area contributed by atoms with E-state index in [1.807, 2.05) is 5.38 Å². The maximum absolute atomic E-state index is 12.4. The van der Waals surface area contributed by atoms with Crippen LogP contribution in [-0.2, 0) is 11.2 Å². The lowest BCUT2D eigenvalue weighted by molar-refractivity contribution is -0.116. The van der Waals surface area contributed by atoms with Crippen LogP contribution in [0.3, 0.4) is 0 Å². The van der Waals surface area contributed by atoms with Crippen LogP contribution in [-0.4, -0.2) is 21.8 Å². The summed E-state index contributed by atoms with van der Waals surface area (Å²) in [7, 11) is 2.93. The number of H-pyrrole nitrogens is 1. The maximum Gasteiger partial charge on any atom is 0.350 e. The van der Waals surface area contributed by atoms with Crippen LogP contribution in [0.25, 0.3) is 10.6 Å². The zero-order chi connectivity index (χ0) is 25.2. The number of fused-ring (bicyclic) bond motifs is 1. The first kappa shape index (κ1) is 26.9. The molecule has 3 heterocycles. The molecule has 0 spiro atoms. The van der Waals surface area contributed by atoms with E-state index in [9.17, 15) is 24.3 Å². The van der Waals surface area contributed by atoms with Crippen molar-refractivity contribution in [2.45, 2.75) is 84.0 Å². The Hall–Kier alpha value is -2.72. The second kappa shape index (κ2) is 13.4. The number of anilines is 1. The molecule has 0 aromatic carbocycles. The highest BCUT2D eigenvalue weighted by Crippen LogP contribution is 2.35. The third-order valence-corrected chi connectivity index (χ3v) is 7.95. The van der Waals surface area contributed by atoms with Gasteiger partial charge >= 0.3 is 5.63 Å². The number of nitrogens with one attached hydrogen (secondary N) is 2. The van der Waals surface area contributed by atoms with E-state index in [1.54, 1.807) is 0 Å². The Bertz CT molecular complexity index is 1210. The third kappa shape index (κ3) is 7.63. The molecule has 0 aliphatic carbocycles. The summed E-state index contributed by atoms with van der Waals surface area (Å²) in [6, 6.07) is 1.34. The number of hydrogen-bond donors (Lipinski definition) is 3. The number of Topliss-reactive ketones (excluding diaryl/α,β-unsaturated/α-hetero) is 1. The van der Waals surface area contributed by atoms with Gasteiger partial charge in [-0.1, -0.05) is 66.1 Å². The number of hydrogen-bond acceptors (Lipinski definition) is 8. The van der Waals surface area contributed by atoms with Crippen LogP contribution < -0.4 is 16.5 Å². The number of carbonyl (C=O) groups is 2. The molecular formula is C25H32N2O6S2. The number of aromatic amines is 1. The van der Waals surface area contributed by atoms with Crippen molar-refractivity contribution in [1.82, 2.24) is 4.98 Å². The molecule has 0 fully saturated rings. The summed E-state index contributed by atoms with van der Waals surface area (Å²) in [6.45, 7) is 2.15. The molecule has 0 unspecified atom stereocenters. The van der Waals surface area contributed by atoms with Gasteiger partial charge in [0, 0.05) is 30.7 Å². The molecule has 0 bridgehead atoms. The van der Waals surface area contributed by atoms with Gasteiger partial charge in [0.2, 0.25) is 5.91 Å². The van der Waals surface area contributed by atoms with E-state index in [0.29, 0.717) is 43.6 Å². The van der Waals surface area contributed by atoms with Gasteiger partial charge in [-0.15, -0.1) is 0 Å². The van der Waals surface area contributed by atoms with E-state index in [-0.39, 0.29) is 41.4 Å². The third-order valence-electron chi connectivity index (χ3n) is 5.85. The highest BCUT2D eigenvalue weighted by molar-refractivity contribution is 7.70. The van der Waals surface area contributed by atoms with Crippen molar-refractivity contribution in [2.24, 2.45) is 0 Å². The quantitative estimate of drug-likeness (QED) is 0.129. The van der Waals surface area contributed by atoms with Gasteiger partial charge in [-0.25, -0.2) is 4.79 Å². The standard InChI is InChI=1S/C25H32N2O6S2/c1-2-3-4-5-6-9-12-18(28)21-19(29)14-16(33-25(21)32)11-8-7-10-13-20(30)27-22-23-17(15-34-35-23)26-24(22)31/h14-15,29H,2-13H2,1H3,(H,26,31)(H,27,30). The average molecular weight is 521 g/mol. The van der Waals surface area contributed by atoms with Gasteiger partial charge in [0.05, 0.1) is 10.6 Å². The highest BCUT2D eigenvalue weighted by Gasteiger charge is 2.20. The van der Waals surface area contributed by atoms with Crippen molar-refractivity contribution < 1.29 is 19.1 Å². The van der Waals surface area contributed by atoms with Gasteiger partial charge in [0.1, 0.15) is 22.8 Å². The molecule has 35 heavy (non-hydrogen) atoms. The Morgan fingerprint density at radius 3 is 2.51 bits per heavy atom. The topological polar surface area (TPSA) is 129 Å². The zero-order valence-electron chi connectivity index (χ0n) is 19.9. The molecule has 1 aromatic rings. The molecule has 190 valence electrons. The molecule has 3 rings (SSSR count). The van der Waals surface area contributed by atoms with Crippen molar-refractivity contribution in [3.05, 3.63) is 43.5 Å². The van der Waals surface area contributed by atoms with Crippen LogP contribution in [0.5, 0.6) is 5.75 Å². The molecule has 1 amide bonds. The summed E-state index contributed by atoms with van der Waals surface area (Å²) in [6.07, 6.45) is 9.01. The van der Waals surface area contributed by atoms with Crippen LogP contribution in [0, 0.1) is 0 Å². The molecule has 0 radical (unpaired) electrons. The van der Waals surface area contributed by atoms with Crippen LogP contribution in [0.4, 0.5) is 5.69 Å². The summed E-state index contributed by atoms with van der Waals surface area (Å²) in [5.41, 5.74) is -0.311. The molecule has 8 nitrogen and oxygen atoms in total. The summed E-state index contributed by atoms with van der Waals surface area (Å²) in [5, 5.41) is 14.8. The Morgan fingerprint density at radius 2 is 1.74 bits per heavy atom. The molecule has 1 aromatic heterocycles. The lowest BCUT2D eigenvalue weighted by Crippen LogP contribution is -2.16. The van der Waals surface area contributed by atoms with Gasteiger partial charge in [0.15, 0.2) is 5.78 Å². The highest BCUT2D eigenvalue weighted by atomic mass is 32.9. The Morgan fingerprint density at radius 1 is 1.03 bits per heavy atom. The molecule has 10 heteroatoms. The first-order valence-electron chi connectivity index (χ1n) is 12.2. The fourth-order valence-corrected chi connectivity index (χ4v) is 6.11. The van der Waals surface area contributed by atoms with E-state index in [1.165, 1.54) is 33.2 Å². The van der Waals surface area contributed by atoms with E-state index in [4.69, 9.17) is 4.42 Å². The SMILES string of the molecule is CCCCCCCCC(=O)c1c(O)cc(CCCCCC(=O)Nc2c3sscc-3[nH]c2=O)oc1=O. The van der Waals surface area contributed by atoms with Crippen molar-refractivity contribution >= 4 is 38.1 Å². The Balaban J connectivity index is 1.39. The second-order valence-corrected chi connectivity index (χ2v) is 10.8. The van der Waals surface area contributed by atoms with E-state index in [0.717, 1.165) is 36.3 Å². The van der Waals surface area contributed by atoms with Crippen LogP contribution in [0.1, 0.15) is 93.7 Å². The van der Waals surface area contributed by atoms with Crippen LogP contribution >= 0.6 is 20.7 Å². The van der Waals surface area contributed by atoms with Gasteiger partial charge in [-0.05, 0) is 19.3 Å². The Kier molecular flexibility index (Phi) is 10.3. The fraction of sp³-hybridized carbons (Fsp3) is 0.520. The van der Waals surface area contributed by atoms with Gasteiger partial charge < -0.3 is 19.8 Å². The maximum atomic E-state index is 12.4. The number of carbonyl (C=O) groups excluding carboxylic acids is 2. The summed E-state index contributed by atoms with van der Waals surface area (Å²) < 4.78 is 5.26. The van der Waals surface area contributed by atoms with Crippen molar-refractivity contribution in [3.8, 4) is 16.3 Å². The van der Waals surface area contributed by atoms with Crippen molar-refractivity contribution in [1.29, 1.82) is 0 Å². The minimum absolute atomic E-state index is 0.223. The monoisotopic (exact) mass is 520 g/mol. The molecule has 0 saturated carbocycles. The van der Waals surface area contributed by atoms with Crippen LogP contribution in [0.2, 0.25) is 0 Å². The number of unbranched alkanes of at least 4 members (excludes halogenated alkanes) is 7. The van der Waals surface area contributed by atoms with Crippen molar-refractivity contribution in [2.75, 3.05) is 5.32 Å². The van der Waals surface area contributed by atoms with Gasteiger partial charge in [-0.3, -0.25) is 14.4 Å². The number of ketones is 1. The van der Waals surface area contributed by atoms with E-state index >= 15 is 0 Å². The van der Waals surface area contributed by atoms with Gasteiger partial charge in [-0.2, -0.15) is 0 Å². The molecule has 2 aliphatic heterocycles. The molecule has 2 aliphatic rings. The first-order valence-corrected chi connectivity index (χ1v) is 14.4. The fourth-order valence-electron chi connectivity index (χ4n) is 3.95. The lowest BCUT2D eigenvalue weighted by atomic mass is 10.0. The molecule has 3 N–H and O–H groups in total. The average Bonchev–Trinajstić information content (AvgIpc) is 3.37. The predicted molar refractivity (Wildman–Crippen MR) is 139 cm³/mol.